The second-order valence-electron chi connectivity index (χ2n) is 9.45. The Morgan fingerprint density at radius 1 is 1.06 bits per heavy atom. The summed E-state index contributed by atoms with van der Waals surface area (Å²) in [6.07, 6.45) is -4.46. The SMILES string of the molecule is CN(C)CCN(Cc1ccccc1C(F)(F)F)C(=O)CNc1cccc2c1C(C)(C)CNC2.Cl.Cl. The molecule has 0 bridgehead atoms. The number of benzene rings is 2. The minimum absolute atomic E-state index is 0. The van der Waals surface area contributed by atoms with Crippen molar-refractivity contribution in [3.05, 3.63) is 64.7 Å². The molecule has 0 saturated carbocycles. The molecule has 3 rings (SSSR count). The fourth-order valence-electron chi connectivity index (χ4n) is 4.33. The van der Waals surface area contributed by atoms with E-state index in [1.54, 1.807) is 6.07 Å². The van der Waals surface area contributed by atoms with Gasteiger partial charge in [-0.1, -0.05) is 44.2 Å². The van der Waals surface area contributed by atoms with E-state index in [9.17, 15) is 18.0 Å². The van der Waals surface area contributed by atoms with E-state index >= 15 is 0 Å². The summed E-state index contributed by atoms with van der Waals surface area (Å²) in [4.78, 5) is 16.6. The smallest absolute Gasteiger partial charge is 0.376 e. The summed E-state index contributed by atoms with van der Waals surface area (Å²) in [5, 5.41) is 6.69. The number of rotatable bonds is 8. The first-order valence-electron chi connectivity index (χ1n) is 11.1. The molecule has 0 radical (unpaired) electrons. The number of anilines is 1. The van der Waals surface area contributed by atoms with Crippen LogP contribution in [0.1, 0.15) is 36.1 Å². The molecule has 0 fully saturated rings. The maximum absolute atomic E-state index is 13.5. The Morgan fingerprint density at radius 3 is 2.40 bits per heavy atom. The normalized spacial score (nSPS) is 14.4. The van der Waals surface area contributed by atoms with Gasteiger partial charge < -0.3 is 20.4 Å². The van der Waals surface area contributed by atoms with Crippen molar-refractivity contribution >= 4 is 36.4 Å². The van der Waals surface area contributed by atoms with Crippen molar-refractivity contribution in [3.8, 4) is 0 Å². The average molecular weight is 535 g/mol. The molecule has 0 saturated heterocycles. The van der Waals surface area contributed by atoms with Gasteiger partial charge in [0.05, 0.1) is 12.1 Å². The van der Waals surface area contributed by atoms with Crippen molar-refractivity contribution in [2.75, 3.05) is 45.6 Å². The molecule has 1 aliphatic heterocycles. The molecule has 0 aromatic heterocycles. The Bertz CT molecular complexity index is 983. The molecule has 0 unspecified atom stereocenters. The summed E-state index contributed by atoms with van der Waals surface area (Å²) in [5.41, 5.74) is 2.56. The van der Waals surface area contributed by atoms with Crippen LogP contribution < -0.4 is 10.6 Å². The van der Waals surface area contributed by atoms with Gasteiger partial charge in [0.25, 0.3) is 0 Å². The molecule has 1 heterocycles. The summed E-state index contributed by atoms with van der Waals surface area (Å²) in [6, 6.07) is 11.4. The van der Waals surface area contributed by atoms with E-state index in [-0.39, 0.29) is 54.8 Å². The molecule has 0 aliphatic carbocycles. The zero-order valence-corrected chi connectivity index (χ0v) is 22.2. The molecule has 5 nitrogen and oxygen atoms in total. The van der Waals surface area contributed by atoms with E-state index in [4.69, 9.17) is 0 Å². The fraction of sp³-hybridized carbons (Fsp3) is 0.480. The van der Waals surface area contributed by atoms with Crippen molar-refractivity contribution < 1.29 is 18.0 Å². The maximum atomic E-state index is 13.5. The number of likely N-dealkylation sites (N-methyl/N-ethyl adjacent to an activating group) is 1. The highest BCUT2D eigenvalue weighted by Gasteiger charge is 2.34. The van der Waals surface area contributed by atoms with Gasteiger partial charge in [-0.25, -0.2) is 0 Å². The number of alkyl halides is 3. The number of fused-ring (bicyclic) bond motifs is 1. The number of nitrogens with zero attached hydrogens (tertiary/aromatic N) is 2. The topological polar surface area (TPSA) is 47.6 Å². The molecular weight excluding hydrogens is 500 g/mol. The molecule has 196 valence electrons. The summed E-state index contributed by atoms with van der Waals surface area (Å²) >= 11 is 0. The van der Waals surface area contributed by atoms with Crippen molar-refractivity contribution in [1.29, 1.82) is 0 Å². The van der Waals surface area contributed by atoms with Gasteiger partial charge in [-0.2, -0.15) is 13.2 Å². The van der Waals surface area contributed by atoms with Gasteiger partial charge in [0, 0.05) is 43.8 Å². The first-order chi connectivity index (χ1) is 15.5. The van der Waals surface area contributed by atoms with Crippen LogP contribution in [0.4, 0.5) is 18.9 Å². The number of hydrogen-bond donors (Lipinski definition) is 2. The van der Waals surface area contributed by atoms with Crippen molar-refractivity contribution in [3.63, 3.8) is 0 Å². The molecule has 35 heavy (non-hydrogen) atoms. The van der Waals surface area contributed by atoms with Crippen LogP contribution in [0.15, 0.2) is 42.5 Å². The third-order valence-electron chi connectivity index (χ3n) is 5.99. The first kappa shape index (κ1) is 31.0. The molecule has 0 atom stereocenters. The third-order valence-corrected chi connectivity index (χ3v) is 5.99. The number of amides is 1. The highest BCUT2D eigenvalue weighted by atomic mass is 35.5. The van der Waals surface area contributed by atoms with E-state index in [0.29, 0.717) is 13.1 Å². The monoisotopic (exact) mass is 534 g/mol. The number of carbonyl (C=O) groups is 1. The van der Waals surface area contributed by atoms with Crippen molar-refractivity contribution in [2.24, 2.45) is 0 Å². The van der Waals surface area contributed by atoms with E-state index in [2.05, 4.69) is 30.5 Å². The van der Waals surface area contributed by atoms with Gasteiger partial charge >= 0.3 is 6.18 Å². The van der Waals surface area contributed by atoms with Gasteiger partial charge in [-0.3, -0.25) is 4.79 Å². The lowest BCUT2D eigenvalue weighted by Gasteiger charge is -2.35. The van der Waals surface area contributed by atoms with Crippen LogP contribution in [-0.2, 0) is 29.5 Å². The Hall–Kier alpha value is -2.00. The lowest BCUT2D eigenvalue weighted by atomic mass is 9.78. The van der Waals surface area contributed by atoms with Crippen LogP contribution in [0.3, 0.4) is 0 Å². The van der Waals surface area contributed by atoms with E-state index in [1.807, 2.05) is 31.1 Å². The van der Waals surface area contributed by atoms with Crippen LogP contribution in [0.5, 0.6) is 0 Å². The molecule has 10 heteroatoms. The molecule has 0 spiro atoms. The number of carbonyl (C=O) groups excluding carboxylic acids is 1. The fourth-order valence-corrected chi connectivity index (χ4v) is 4.33. The van der Waals surface area contributed by atoms with Crippen LogP contribution in [0, 0.1) is 0 Å². The van der Waals surface area contributed by atoms with Gasteiger partial charge in [-0.15, -0.1) is 24.8 Å². The minimum atomic E-state index is -4.46. The number of halogens is 5. The Labute approximate surface area is 218 Å². The van der Waals surface area contributed by atoms with Crippen molar-refractivity contribution in [2.45, 2.75) is 38.5 Å². The molecule has 2 aromatic carbocycles. The van der Waals surface area contributed by atoms with Crippen LogP contribution in [0.2, 0.25) is 0 Å². The lowest BCUT2D eigenvalue weighted by molar-refractivity contribution is -0.139. The Balaban J connectivity index is 0.00000306. The first-order valence-corrected chi connectivity index (χ1v) is 11.1. The minimum Gasteiger partial charge on any atom is -0.376 e. The van der Waals surface area contributed by atoms with Crippen LogP contribution >= 0.6 is 24.8 Å². The predicted molar refractivity (Wildman–Crippen MR) is 140 cm³/mol. The summed E-state index contributed by atoms with van der Waals surface area (Å²) in [6.45, 7) is 6.72. The van der Waals surface area contributed by atoms with E-state index in [1.165, 1.54) is 28.2 Å². The molecule has 1 amide bonds. The van der Waals surface area contributed by atoms with Gasteiger partial charge in [0.1, 0.15) is 0 Å². The molecular formula is C25H35Cl2F3N4O. The van der Waals surface area contributed by atoms with Gasteiger partial charge in [-0.05, 0) is 42.9 Å². The predicted octanol–water partition coefficient (Wildman–Crippen LogP) is 4.93. The second-order valence-corrected chi connectivity index (χ2v) is 9.45. The highest BCUT2D eigenvalue weighted by molar-refractivity contribution is 5.85. The Kier molecular flexibility index (Phi) is 11.4. The number of hydrogen-bond acceptors (Lipinski definition) is 4. The average Bonchev–Trinajstić information content (AvgIpc) is 2.74. The molecule has 2 N–H and O–H groups in total. The van der Waals surface area contributed by atoms with E-state index < -0.39 is 11.7 Å². The summed E-state index contributed by atoms with van der Waals surface area (Å²) < 4.78 is 40.5. The second kappa shape index (κ2) is 12.8. The summed E-state index contributed by atoms with van der Waals surface area (Å²) in [5.74, 6) is -0.238. The maximum Gasteiger partial charge on any atom is 0.416 e. The van der Waals surface area contributed by atoms with E-state index in [0.717, 1.165) is 24.8 Å². The van der Waals surface area contributed by atoms with Crippen LogP contribution in [-0.4, -0.2) is 56.0 Å². The van der Waals surface area contributed by atoms with Gasteiger partial charge in [0.15, 0.2) is 0 Å². The third kappa shape index (κ3) is 8.00. The molecule has 2 aromatic rings. The highest BCUT2D eigenvalue weighted by Crippen LogP contribution is 2.35. The molecule has 1 aliphatic rings. The zero-order valence-electron chi connectivity index (χ0n) is 20.5. The standard InChI is InChI=1S/C25H33F3N4O.2ClH/c1-24(2)17-29-14-18-9-7-11-21(23(18)24)30-15-22(33)32(13-12-31(3)4)16-19-8-5-6-10-20(19)25(26,27)28;;/h5-11,29-30H,12-17H2,1-4H3;2*1H. The lowest BCUT2D eigenvalue weighted by Crippen LogP contribution is -2.41. The summed E-state index contributed by atoms with van der Waals surface area (Å²) in [7, 11) is 3.74. The van der Waals surface area contributed by atoms with Gasteiger partial charge in [0.2, 0.25) is 5.91 Å². The quantitative estimate of drug-likeness (QED) is 0.504. The Morgan fingerprint density at radius 2 is 1.74 bits per heavy atom. The largest absolute Gasteiger partial charge is 0.416 e. The van der Waals surface area contributed by atoms with Crippen molar-refractivity contribution in [1.82, 2.24) is 15.1 Å². The zero-order chi connectivity index (χ0) is 24.2. The van der Waals surface area contributed by atoms with Crippen LogP contribution in [0.25, 0.3) is 0 Å². The number of nitrogens with one attached hydrogen (secondary N) is 2.